The standard InChI is InChI=1S/C14H22BrN/c1-5-11(6-2)14(16)12-7-9(3)13(15)10(4)8-12/h7-8,11,14H,5-6,16H2,1-4H3. The minimum Gasteiger partial charge on any atom is -0.324 e. The van der Waals surface area contributed by atoms with Gasteiger partial charge in [-0.05, 0) is 36.5 Å². The summed E-state index contributed by atoms with van der Waals surface area (Å²) in [5, 5.41) is 0. The summed E-state index contributed by atoms with van der Waals surface area (Å²) >= 11 is 3.59. The molecule has 0 radical (unpaired) electrons. The van der Waals surface area contributed by atoms with Gasteiger partial charge in [-0.1, -0.05) is 54.8 Å². The van der Waals surface area contributed by atoms with Crippen molar-refractivity contribution in [2.75, 3.05) is 0 Å². The van der Waals surface area contributed by atoms with Crippen LogP contribution in [0.1, 0.15) is 49.4 Å². The molecule has 1 nitrogen and oxygen atoms in total. The van der Waals surface area contributed by atoms with Crippen molar-refractivity contribution in [3.05, 3.63) is 33.3 Å². The Labute approximate surface area is 108 Å². The van der Waals surface area contributed by atoms with Crippen molar-refractivity contribution in [3.8, 4) is 0 Å². The van der Waals surface area contributed by atoms with E-state index in [4.69, 9.17) is 5.73 Å². The number of benzene rings is 1. The molecule has 1 atom stereocenters. The topological polar surface area (TPSA) is 26.0 Å². The quantitative estimate of drug-likeness (QED) is 0.865. The first kappa shape index (κ1) is 13.7. The summed E-state index contributed by atoms with van der Waals surface area (Å²) in [4.78, 5) is 0. The summed E-state index contributed by atoms with van der Waals surface area (Å²) < 4.78 is 1.20. The lowest BCUT2D eigenvalue weighted by Gasteiger charge is -2.22. The van der Waals surface area contributed by atoms with E-state index in [-0.39, 0.29) is 6.04 Å². The average molecular weight is 284 g/mol. The zero-order chi connectivity index (χ0) is 12.3. The maximum absolute atomic E-state index is 6.33. The van der Waals surface area contributed by atoms with Crippen LogP contribution < -0.4 is 5.73 Å². The number of halogens is 1. The largest absolute Gasteiger partial charge is 0.324 e. The molecule has 16 heavy (non-hydrogen) atoms. The van der Waals surface area contributed by atoms with Crippen molar-refractivity contribution in [1.29, 1.82) is 0 Å². The van der Waals surface area contributed by atoms with Gasteiger partial charge in [0.1, 0.15) is 0 Å². The van der Waals surface area contributed by atoms with Crippen LogP contribution in [0.5, 0.6) is 0 Å². The molecule has 0 aromatic heterocycles. The van der Waals surface area contributed by atoms with Crippen molar-refractivity contribution in [3.63, 3.8) is 0 Å². The molecule has 1 unspecified atom stereocenters. The summed E-state index contributed by atoms with van der Waals surface area (Å²) in [6.07, 6.45) is 2.29. The molecule has 1 aromatic rings. The van der Waals surface area contributed by atoms with Crippen LogP contribution in [0.3, 0.4) is 0 Å². The second-order valence-corrected chi connectivity index (χ2v) is 5.36. The third kappa shape index (κ3) is 2.86. The fourth-order valence-electron chi connectivity index (χ4n) is 2.24. The molecule has 0 amide bonds. The number of aryl methyl sites for hydroxylation is 2. The maximum atomic E-state index is 6.33. The van der Waals surface area contributed by atoms with Gasteiger partial charge in [-0.25, -0.2) is 0 Å². The molecule has 0 saturated carbocycles. The summed E-state index contributed by atoms with van der Waals surface area (Å²) in [7, 11) is 0. The van der Waals surface area contributed by atoms with Crippen molar-refractivity contribution in [2.45, 2.75) is 46.6 Å². The van der Waals surface area contributed by atoms with Crippen LogP contribution in [0.2, 0.25) is 0 Å². The van der Waals surface area contributed by atoms with Crippen molar-refractivity contribution < 1.29 is 0 Å². The van der Waals surface area contributed by atoms with Gasteiger partial charge in [-0.3, -0.25) is 0 Å². The van der Waals surface area contributed by atoms with Crippen LogP contribution in [-0.2, 0) is 0 Å². The van der Waals surface area contributed by atoms with Crippen LogP contribution in [0.4, 0.5) is 0 Å². The number of hydrogen-bond acceptors (Lipinski definition) is 1. The van der Waals surface area contributed by atoms with E-state index >= 15 is 0 Å². The first-order valence-electron chi connectivity index (χ1n) is 6.03. The fourth-order valence-corrected chi connectivity index (χ4v) is 2.47. The highest BCUT2D eigenvalue weighted by Gasteiger charge is 2.17. The highest BCUT2D eigenvalue weighted by molar-refractivity contribution is 9.10. The number of rotatable bonds is 4. The van der Waals surface area contributed by atoms with Gasteiger partial charge < -0.3 is 5.73 Å². The van der Waals surface area contributed by atoms with Gasteiger partial charge in [-0.2, -0.15) is 0 Å². The lowest BCUT2D eigenvalue weighted by molar-refractivity contribution is 0.405. The third-order valence-electron chi connectivity index (χ3n) is 3.40. The summed E-state index contributed by atoms with van der Waals surface area (Å²) in [5.74, 6) is 0.583. The number of nitrogens with two attached hydrogens (primary N) is 1. The minimum atomic E-state index is 0.167. The van der Waals surface area contributed by atoms with E-state index in [1.165, 1.54) is 21.2 Å². The highest BCUT2D eigenvalue weighted by Crippen LogP contribution is 2.30. The average Bonchev–Trinajstić information content (AvgIpc) is 2.26. The molecular formula is C14H22BrN. The molecule has 0 aliphatic heterocycles. The predicted molar refractivity (Wildman–Crippen MR) is 74.6 cm³/mol. The van der Waals surface area contributed by atoms with Crippen LogP contribution in [0.15, 0.2) is 16.6 Å². The van der Waals surface area contributed by atoms with Gasteiger partial charge in [0, 0.05) is 10.5 Å². The third-order valence-corrected chi connectivity index (χ3v) is 4.65. The molecule has 0 spiro atoms. The van der Waals surface area contributed by atoms with Gasteiger partial charge in [0.2, 0.25) is 0 Å². The first-order chi connectivity index (χ1) is 7.51. The van der Waals surface area contributed by atoms with Gasteiger partial charge in [0.15, 0.2) is 0 Å². The molecule has 0 aliphatic carbocycles. The van der Waals surface area contributed by atoms with Crippen molar-refractivity contribution >= 4 is 15.9 Å². The molecular weight excluding hydrogens is 262 g/mol. The summed E-state index contributed by atoms with van der Waals surface area (Å²) in [6, 6.07) is 4.58. The molecule has 0 aliphatic rings. The van der Waals surface area contributed by atoms with Crippen LogP contribution in [0.25, 0.3) is 0 Å². The zero-order valence-electron chi connectivity index (χ0n) is 10.7. The molecule has 1 aromatic carbocycles. The second-order valence-electron chi connectivity index (χ2n) is 4.57. The van der Waals surface area contributed by atoms with Crippen LogP contribution >= 0.6 is 15.9 Å². The SMILES string of the molecule is CCC(CC)C(N)c1cc(C)c(Br)c(C)c1. The van der Waals surface area contributed by atoms with E-state index in [0.29, 0.717) is 5.92 Å². The Balaban J connectivity index is 3.04. The van der Waals surface area contributed by atoms with Gasteiger partial charge in [-0.15, -0.1) is 0 Å². The first-order valence-corrected chi connectivity index (χ1v) is 6.82. The molecule has 2 N–H and O–H groups in total. The van der Waals surface area contributed by atoms with Crippen LogP contribution in [-0.4, -0.2) is 0 Å². The van der Waals surface area contributed by atoms with Gasteiger partial charge in [0.05, 0.1) is 0 Å². The fraction of sp³-hybridized carbons (Fsp3) is 0.571. The number of hydrogen-bond donors (Lipinski definition) is 1. The summed E-state index contributed by atoms with van der Waals surface area (Å²) in [6.45, 7) is 8.68. The monoisotopic (exact) mass is 283 g/mol. The molecule has 1 rings (SSSR count). The Bertz CT molecular complexity index is 333. The second kappa shape index (κ2) is 5.83. The molecule has 90 valence electrons. The summed E-state index contributed by atoms with van der Waals surface area (Å²) in [5.41, 5.74) is 10.2. The molecule has 2 heteroatoms. The van der Waals surface area contributed by atoms with Gasteiger partial charge >= 0.3 is 0 Å². The predicted octanol–water partition coefficient (Wildman–Crippen LogP) is 4.50. The van der Waals surface area contributed by atoms with E-state index in [2.05, 4.69) is 55.8 Å². The Morgan fingerprint density at radius 3 is 1.94 bits per heavy atom. The van der Waals surface area contributed by atoms with E-state index < -0.39 is 0 Å². The Morgan fingerprint density at radius 2 is 1.56 bits per heavy atom. The minimum absolute atomic E-state index is 0.167. The van der Waals surface area contributed by atoms with Crippen molar-refractivity contribution in [2.24, 2.45) is 11.7 Å². The van der Waals surface area contributed by atoms with E-state index in [1.807, 2.05) is 0 Å². The normalized spacial score (nSPS) is 13.2. The van der Waals surface area contributed by atoms with E-state index in [9.17, 15) is 0 Å². The highest BCUT2D eigenvalue weighted by atomic mass is 79.9. The Morgan fingerprint density at radius 1 is 1.12 bits per heavy atom. The lowest BCUT2D eigenvalue weighted by Crippen LogP contribution is -2.20. The van der Waals surface area contributed by atoms with Crippen LogP contribution in [0, 0.1) is 19.8 Å². The molecule has 0 saturated heterocycles. The molecule has 0 bridgehead atoms. The van der Waals surface area contributed by atoms with E-state index in [0.717, 1.165) is 12.8 Å². The zero-order valence-corrected chi connectivity index (χ0v) is 12.3. The molecule has 0 heterocycles. The van der Waals surface area contributed by atoms with Gasteiger partial charge in [0.25, 0.3) is 0 Å². The lowest BCUT2D eigenvalue weighted by atomic mass is 9.88. The Hall–Kier alpha value is -0.340. The Kier molecular flexibility index (Phi) is 5.00. The molecule has 0 fully saturated rings. The maximum Gasteiger partial charge on any atom is 0.0323 e. The van der Waals surface area contributed by atoms with Crippen molar-refractivity contribution in [1.82, 2.24) is 0 Å². The van der Waals surface area contributed by atoms with E-state index in [1.54, 1.807) is 0 Å². The smallest absolute Gasteiger partial charge is 0.0323 e.